The van der Waals surface area contributed by atoms with Crippen LogP contribution in [0.5, 0.6) is 5.75 Å². The highest BCUT2D eigenvalue weighted by Crippen LogP contribution is 2.20. The number of ether oxygens (including phenoxy) is 1. The van der Waals surface area contributed by atoms with Crippen LogP contribution in [0.3, 0.4) is 0 Å². The Labute approximate surface area is 153 Å². The highest BCUT2D eigenvalue weighted by atomic mass is 35.5. The number of nitrogens with two attached hydrogens (primary N) is 1. The molecule has 0 radical (unpaired) electrons. The van der Waals surface area contributed by atoms with Gasteiger partial charge in [-0.15, -0.1) is 12.4 Å². The largest absolute Gasteiger partial charge is 0.489 e. The van der Waals surface area contributed by atoms with E-state index < -0.39 is 0 Å². The second-order valence-electron chi connectivity index (χ2n) is 5.58. The summed E-state index contributed by atoms with van der Waals surface area (Å²) in [5.74, 6) is 0.328. The number of anilines is 1. The molecule has 2 aromatic rings. The molecule has 2 atom stereocenters. The molecule has 2 unspecified atom stereocenters. The molecule has 0 saturated heterocycles. The summed E-state index contributed by atoms with van der Waals surface area (Å²) in [4.78, 5) is 12.0. The van der Waals surface area contributed by atoms with Crippen molar-refractivity contribution in [2.24, 2.45) is 11.7 Å². The quantitative estimate of drug-likeness (QED) is 0.800. The number of rotatable bonds is 6. The van der Waals surface area contributed by atoms with Crippen molar-refractivity contribution in [3.8, 4) is 5.75 Å². The van der Waals surface area contributed by atoms with Crippen molar-refractivity contribution < 1.29 is 9.53 Å². The van der Waals surface area contributed by atoms with Crippen molar-refractivity contribution in [2.45, 2.75) is 26.5 Å². The Bertz CT molecular complexity index is 660. The molecule has 1 amide bonds. The second-order valence-corrected chi connectivity index (χ2v) is 6.02. The monoisotopic (exact) mass is 368 g/mol. The Morgan fingerprint density at radius 1 is 1.21 bits per heavy atom. The fourth-order valence-corrected chi connectivity index (χ4v) is 2.03. The summed E-state index contributed by atoms with van der Waals surface area (Å²) < 4.78 is 5.74. The molecule has 2 aromatic carbocycles. The topological polar surface area (TPSA) is 64.4 Å². The summed E-state index contributed by atoms with van der Waals surface area (Å²) in [6, 6.07) is 14.6. The Morgan fingerprint density at radius 3 is 2.50 bits per heavy atom. The van der Waals surface area contributed by atoms with E-state index in [0.29, 0.717) is 23.1 Å². The SMILES string of the molecule is CC(N)C(C)C(=O)Nc1cccc(OCc2ccc(Cl)cc2)c1.Cl. The van der Waals surface area contributed by atoms with Gasteiger partial charge < -0.3 is 15.8 Å². The molecule has 0 saturated carbocycles. The summed E-state index contributed by atoms with van der Waals surface area (Å²) in [6.45, 7) is 4.06. The standard InChI is InChI=1S/C18H21ClN2O2.ClH/c1-12(13(2)20)18(22)21-16-4-3-5-17(10-16)23-11-14-6-8-15(19)9-7-14;/h3-10,12-13H,11,20H2,1-2H3,(H,21,22);1H. The normalized spacial score (nSPS) is 12.7. The maximum atomic E-state index is 12.0. The van der Waals surface area contributed by atoms with Crippen LogP contribution in [-0.2, 0) is 11.4 Å². The minimum absolute atomic E-state index is 0. The molecule has 0 bridgehead atoms. The number of hydrogen-bond donors (Lipinski definition) is 2. The molecule has 4 nitrogen and oxygen atoms in total. The summed E-state index contributed by atoms with van der Waals surface area (Å²) in [5.41, 5.74) is 7.46. The third kappa shape index (κ3) is 6.04. The lowest BCUT2D eigenvalue weighted by molar-refractivity contribution is -0.119. The number of amides is 1. The molecule has 0 aliphatic heterocycles. The number of nitrogens with one attached hydrogen (secondary N) is 1. The van der Waals surface area contributed by atoms with E-state index in [4.69, 9.17) is 22.1 Å². The highest BCUT2D eigenvalue weighted by Gasteiger charge is 2.17. The molecule has 130 valence electrons. The van der Waals surface area contributed by atoms with Gasteiger partial charge in [0.25, 0.3) is 0 Å². The molecule has 0 aromatic heterocycles. The lowest BCUT2D eigenvalue weighted by atomic mass is 10.0. The van der Waals surface area contributed by atoms with Crippen molar-refractivity contribution in [1.29, 1.82) is 0 Å². The Morgan fingerprint density at radius 2 is 1.88 bits per heavy atom. The van der Waals surface area contributed by atoms with Gasteiger partial charge in [0, 0.05) is 22.8 Å². The first-order valence-corrected chi connectivity index (χ1v) is 7.87. The van der Waals surface area contributed by atoms with Crippen LogP contribution in [0.2, 0.25) is 5.02 Å². The van der Waals surface area contributed by atoms with E-state index in [0.717, 1.165) is 5.56 Å². The number of benzene rings is 2. The van der Waals surface area contributed by atoms with Crippen LogP contribution < -0.4 is 15.8 Å². The van der Waals surface area contributed by atoms with Crippen LogP contribution in [0.15, 0.2) is 48.5 Å². The van der Waals surface area contributed by atoms with Gasteiger partial charge >= 0.3 is 0 Å². The van der Waals surface area contributed by atoms with Gasteiger partial charge in [-0.25, -0.2) is 0 Å². The Balaban J connectivity index is 0.00000288. The minimum atomic E-state index is -0.256. The number of carbonyl (C=O) groups is 1. The van der Waals surface area contributed by atoms with Crippen LogP contribution in [0.4, 0.5) is 5.69 Å². The molecule has 0 spiro atoms. The molecule has 0 aliphatic carbocycles. The smallest absolute Gasteiger partial charge is 0.228 e. The van der Waals surface area contributed by atoms with E-state index in [2.05, 4.69) is 5.32 Å². The summed E-state index contributed by atoms with van der Waals surface area (Å²) in [6.07, 6.45) is 0. The lowest BCUT2D eigenvalue weighted by Gasteiger charge is -2.16. The zero-order valence-electron chi connectivity index (χ0n) is 13.7. The summed E-state index contributed by atoms with van der Waals surface area (Å²) in [5, 5.41) is 3.55. The van der Waals surface area contributed by atoms with Gasteiger partial charge in [-0.1, -0.05) is 36.7 Å². The van der Waals surface area contributed by atoms with E-state index >= 15 is 0 Å². The molecule has 0 aliphatic rings. The van der Waals surface area contributed by atoms with Crippen LogP contribution in [-0.4, -0.2) is 11.9 Å². The number of carbonyl (C=O) groups excluding carboxylic acids is 1. The first-order chi connectivity index (χ1) is 11.0. The molecular weight excluding hydrogens is 347 g/mol. The predicted octanol–water partition coefficient (Wildman–Crippen LogP) is 4.26. The second kappa shape index (κ2) is 9.52. The van der Waals surface area contributed by atoms with Crippen molar-refractivity contribution >= 4 is 35.6 Å². The molecule has 6 heteroatoms. The average molecular weight is 369 g/mol. The van der Waals surface area contributed by atoms with Crippen LogP contribution in [0, 0.1) is 5.92 Å². The van der Waals surface area contributed by atoms with Crippen LogP contribution in [0.1, 0.15) is 19.4 Å². The Kier molecular flexibility index (Phi) is 8.05. The van der Waals surface area contributed by atoms with Gasteiger partial charge in [0.15, 0.2) is 0 Å². The first kappa shape index (κ1) is 20.3. The van der Waals surface area contributed by atoms with Crippen molar-refractivity contribution in [3.05, 3.63) is 59.1 Å². The van der Waals surface area contributed by atoms with E-state index in [1.807, 2.05) is 49.4 Å². The molecule has 24 heavy (non-hydrogen) atoms. The van der Waals surface area contributed by atoms with Crippen LogP contribution >= 0.6 is 24.0 Å². The van der Waals surface area contributed by atoms with Gasteiger partial charge in [-0.05, 0) is 36.8 Å². The molecule has 3 N–H and O–H groups in total. The van der Waals surface area contributed by atoms with E-state index in [-0.39, 0.29) is 30.3 Å². The van der Waals surface area contributed by atoms with E-state index in [1.54, 1.807) is 13.0 Å². The number of halogens is 2. The van der Waals surface area contributed by atoms with Gasteiger partial charge in [0.2, 0.25) is 5.91 Å². The molecule has 2 rings (SSSR count). The summed E-state index contributed by atoms with van der Waals surface area (Å²) in [7, 11) is 0. The van der Waals surface area contributed by atoms with Gasteiger partial charge in [-0.2, -0.15) is 0 Å². The Hall–Kier alpha value is -1.75. The number of hydrogen-bond acceptors (Lipinski definition) is 3. The highest BCUT2D eigenvalue weighted by molar-refractivity contribution is 6.30. The van der Waals surface area contributed by atoms with Crippen molar-refractivity contribution in [3.63, 3.8) is 0 Å². The van der Waals surface area contributed by atoms with Crippen LogP contribution in [0.25, 0.3) is 0 Å². The lowest BCUT2D eigenvalue weighted by Crippen LogP contribution is -2.34. The third-order valence-electron chi connectivity index (χ3n) is 3.62. The molecule has 0 heterocycles. The van der Waals surface area contributed by atoms with Gasteiger partial charge in [0.05, 0.1) is 5.92 Å². The third-order valence-corrected chi connectivity index (χ3v) is 3.87. The fourth-order valence-electron chi connectivity index (χ4n) is 1.91. The van der Waals surface area contributed by atoms with E-state index in [1.165, 1.54) is 0 Å². The van der Waals surface area contributed by atoms with Gasteiger partial charge in [0.1, 0.15) is 12.4 Å². The maximum absolute atomic E-state index is 12.0. The fraction of sp³-hybridized carbons (Fsp3) is 0.278. The zero-order valence-corrected chi connectivity index (χ0v) is 15.2. The van der Waals surface area contributed by atoms with Crippen molar-refractivity contribution in [2.75, 3.05) is 5.32 Å². The predicted molar refractivity (Wildman–Crippen MR) is 101 cm³/mol. The molecule has 0 fully saturated rings. The average Bonchev–Trinajstić information content (AvgIpc) is 2.54. The zero-order chi connectivity index (χ0) is 16.8. The summed E-state index contributed by atoms with van der Waals surface area (Å²) >= 11 is 5.86. The van der Waals surface area contributed by atoms with Crippen molar-refractivity contribution in [1.82, 2.24) is 0 Å². The van der Waals surface area contributed by atoms with Gasteiger partial charge in [-0.3, -0.25) is 4.79 Å². The first-order valence-electron chi connectivity index (χ1n) is 7.49. The maximum Gasteiger partial charge on any atom is 0.228 e. The molecular formula is C18H22Cl2N2O2. The van der Waals surface area contributed by atoms with E-state index in [9.17, 15) is 4.79 Å². The minimum Gasteiger partial charge on any atom is -0.489 e.